The number of methoxy groups -OCH3 is 2. The Hall–Kier alpha value is -3.07. The van der Waals surface area contributed by atoms with Gasteiger partial charge in [-0.3, -0.25) is 9.69 Å². The molecule has 3 rings (SSSR count). The minimum atomic E-state index is -4.80. The van der Waals surface area contributed by atoms with Crippen molar-refractivity contribution in [2.24, 2.45) is 5.41 Å². The van der Waals surface area contributed by atoms with Crippen molar-refractivity contribution in [2.45, 2.75) is 19.1 Å². The van der Waals surface area contributed by atoms with Gasteiger partial charge < -0.3 is 14.2 Å². The predicted molar refractivity (Wildman–Crippen MR) is 105 cm³/mol. The van der Waals surface area contributed by atoms with Crippen LogP contribution in [0.3, 0.4) is 0 Å². The summed E-state index contributed by atoms with van der Waals surface area (Å²) in [5, 5.41) is 0. The maximum absolute atomic E-state index is 14.1. The molecule has 1 heterocycles. The Kier molecular flexibility index (Phi) is 6.54. The molecule has 6 nitrogen and oxygen atoms in total. The Morgan fingerprint density at radius 1 is 1.06 bits per heavy atom. The zero-order valence-electron chi connectivity index (χ0n) is 17.1. The van der Waals surface area contributed by atoms with E-state index in [2.05, 4.69) is 4.74 Å². The lowest BCUT2D eigenvalue weighted by atomic mass is 9.86. The van der Waals surface area contributed by atoms with Crippen LogP contribution >= 0.6 is 0 Å². The van der Waals surface area contributed by atoms with E-state index in [0.717, 1.165) is 5.56 Å². The number of halogens is 3. The standard InChI is InChI=1S/C22H22F3NO5/c1-29-18-12-16(19(27)30-2)8-9-17(18)31-20(28)21(22(23,24)25)10-11-26(14-21)13-15-6-4-3-5-7-15/h3-9,12H,10-11,13-14H2,1-2H3. The molecule has 1 unspecified atom stereocenters. The number of ether oxygens (including phenoxy) is 3. The summed E-state index contributed by atoms with van der Waals surface area (Å²) in [7, 11) is 2.45. The van der Waals surface area contributed by atoms with E-state index in [4.69, 9.17) is 9.47 Å². The van der Waals surface area contributed by atoms with E-state index in [1.807, 2.05) is 18.2 Å². The number of esters is 2. The van der Waals surface area contributed by atoms with Crippen LogP contribution in [0, 0.1) is 5.41 Å². The maximum atomic E-state index is 14.1. The van der Waals surface area contributed by atoms with Crippen molar-refractivity contribution in [2.75, 3.05) is 27.3 Å². The number of carbonyl (C=O) groups excluding carboxylic acids is 2. The molecular formula is C22H22F3NO5. The molecule has 1 saturated heterocycles. The molecule has 1 fully saturated rings. The minimum absolute atomic E-state index is 0.0484. The summed E-state index contributed by atoms with van der Waals surface area (Å²) in [6.07, 6.45) is -5.21. The number of nitrogens with zero attached hydrogens (tertiary/aromatic N) is 1. The molecule has 0 aromatic heterocycles. The average Bonchev–Trinajstić information content (AvgIpc) is 3.19. The molecule has 166 valence electrons. The molecule has 0 amide bonds. The zero-order valence-corrected chi connectivity index (χ0v) is 17.1. The van der Waals surface area contributed by atoms with Gasteiger partial charge in [-0.05, 0) is 30.2 Å². The number of hydrogen-bond acceptors (Lipinski definition) is 6. The first-order valence-electron chi connectivity index (χ1n) is 9.52. The summed E-state index contributed by atoms with van der Waals surface area (Å²) >= 11 is 0. The summed E-state index contributed by atoms with van der Waals surface area (Å²) in [5.74, 6) is -2.31. The average molecular weight is 437 g/mol. The summed E-state index contributed by atoms with van der Waals surface area (Å²) in [6.45, 7) is -0.113. The molecule has 0 radical (unpaired) electrons. The largest absolute Gasteiger partial charge is 0.493 e. The molecule has 1 aliphatic heterocycles. The molecular weight excluding hydrogens is 415 g/mol. The van der Waals surface area contributed by atoms with Crippen molar-refractivity contribution in [1.29, 1.82) is 0 Å². The van der Waals surface area contributed by atoms with Crippen molar-refractivity contribution in [1.82, 2.24) is 4.90 Å². The highest BCUT2D eigenvalue weighted by Gasteiger charge is 2.64. The van der Waals surface area contributed by atoms with Crippen LogP contribution in [0.2, 0.25) is 0 Å². The van der Waals surface area contributed by atoms with Crippen LogP contribution < -0.4 is 9.47 Å². The number of alkyl halides is 3. The Morgan fingerprint density at radius 3 is 2.39 bits per heavy atom. The van der Waals surface area contributed by atoms with Crippen LogP contribution in [0.4, 0.5) is 13.2 Å². The lowest BCUT2D eigenvalue weighted by molar-refractivity contribution is -0.226. The molecule has 31 heavy (non-hydrogen) atoms. The molecule has 0 aliphatic carbocycles. The fourth-order valence-corrected chi connectivity index (χ4v) is 3.57. The van der Waals surface area contributed by atoms with Gasteiger partial charge in [-0.15, -0.1) is 0 Å². The summed E-state index contributed by atoms with van der Waals surface area (Å²) in [6, 6.07) is 12.8. The van der Waals surface area contributed by atoms with E-state index in [1.165, 1.54) is 32.4 Å². The molecule has 0 bridgehead atoms. The third-order valence-electron chi connectivity index (χ3n) is 5.32. The first-order chi connectivity index (χ1) is 14.7. The normalized spacial score (nSPS) is 19.1. The highest BCUT2D eigenvalue weighted by molar-refractivity contribution is 5.90. The van der Waals surface area contributed by atoms with Crippen LogP contribution in [0.5, 0.6) is 11.5 Å². The van der Waals surface area contributed by atoms with Crippen LogP contribution in [0.15, 0.2) is 48.5 Å². The van der Waals surface area contributed by atoms with Gasteiger partial charge in [0.1, 0.15) is 0 Å². The molecule has 2 aromatic carbocycles. The number of rotatable bonds is 6. The van der Waals surface area contributed by atoms with Crippen molar-refractivity contribution in [3.63, 3.8) is 0 Å². The van der Waals surface area contributed by atoms with Crippen LogP contribution in [0.1, 0.15) is 22.3 Å². The number of hydrogen-bond donors (Lipinski definition) is 0. The Balaban J connectivity index is 1.82. The van der Waals surface area contributed by atoms with Crippen LogP contribution in [0.25, 0.3) is 0 Å². The van der Waals surface area contributed by atoms with Gasteiger partial charge in [0.2, 0.25) is 0 Å². The SMILES string of the molecule is COC(=O)c1ccc(OC(=O)C2(C(F)(F)F)CCN(Cc3ccccc3)C2)c(OC)c1. The van der Waals surface area contributed by atoms with Gasteiger partial charge >= 0.3 is 18.1 Å². The van der Waals surface area contributed by atoms with Gasteiger partial charge in [0.15, 0.2) is 16.9 Å². The Morgan fingerprint density at radius 2 is 1.77 bits per heavy atom. The third kappa shape index (κ3) is 4.66. The quantitative estimate of drug-likeness (QED) is 0.506. The monoisotopic (exact) mass is 437 g/mol. The second-order valence-electron chi connectivity index (χ2n) is 7.27. The molecule has 1 aliphatic rings. The lowest BCUT2D eigenvalue weighted by Gasteiger charge is -2.29. The third-order valence-corrected chi connectivity index (χ3v) is 5.32. The first kappa shape index (κ1) is 22.6. The second-order valence-corrected chi connectivity index (χ2v) is 7.27. The van der Waals surface area contributed by atoms with Crippen molar-refractivity contribution in [3.8, 4) is 11.5 Å². The topological polar surface area (TPSA) is 65.1 Å². The Labute approximate surface area is 177 Å². The molecule has 9 heteroatoms. The summed E-state index contributed by atoms with van der Waals surface area (Å²) < 4.78 is 57.0. The highest BCUT2D eigenvalue weighted by atomic mass is 19.4. The number of carbonyl (C=O) groups is 2. The van der Waals surface area contributed by atoms with Gasteiger partial charge in [0.05, 0.1) is 19.8 Å². The second kappa shape index (κ2) is 8.97. The van der Waals surface area contributed by atoms with Crippen LogP contribution in [-0.2, 0) is 16.1 Å². The number of likely N-dealkylation sites (tertiary alicyclic amines) is 1. The van der Waals surface area contributed by atoms with Gasteiger partial charge in [-0.2, -0.15) is 13.2 Å². The van der Waals surface area contributed by atoms with E-state index in [0.29, 0.717) is 6.54 Å². The summed E-state index contributed by atoms with van der Waals surface area (Å²) in [5.41, 5.74) is -1.69. The van der Waals surface area contributed by atoms with E-state index >= 15 is 0 Å². The lowest BCUT2D eigenvalue weighted by Crippen LogP contribution is -2.49. The molecule has 2 aromatic rings. The van der Waals surface area contributed by atoms with Crippen molar-refractivity contribution >= 4 is 11.9 Å². The Bertz CT molecular complexity index is 948. The molecule has 0 saturated carbocycles. The fraction of sp³-hybridized carbons (Fsp3) is 0.364. The molecule has 0 N–H and O–H groups in total. The fourth-order valence-electron chi connectivity index (χ4n) is 3.57. The van der Waals surface area contributed by atoms with E-state index in [-0.39, 0.29) is 23.6 Å². The molecule has 1 atom stereocenters. The first-order valence-corrected chi connectivity index (χ1v) is 9.52. The number of benzene rings is 2. The van der Waals surface area contributed by atoms with E-state index in [1.54, 1.807) is 17.0 Å². The van der Waals surface area contributed by atoms with Gasteiger partial charge in [-0.1, -0.05) is 30.3 Å². The zero-order chi connectivity index (χ0) is 22.6. The maximum Gasteiger partial charge on any atom is 0.406 e. The van der Waals surface area contributed by atoms with E-state index in [9.17, 15) is 22.8 Å². The van der Waals surface area contributed by atoms with Gasteiger partial charge in [-0.25, -0.2) is 4.79 Å². The van der Waals surface area contributed by atoms with Gasteiger partial charge in [0.25, 0.3) is 0 Å². The van der Waals surface area contributed by atoms with E-state index < -0.39 is 36.5 Å². The molecule has 0 spiro atoms. The minimum Gasteiger partial charge on any atom is -0.493 e. The van der Waals surface area contributed by atoms with Crippen molar-refractivity contribution in [3.05, 3.63) is 59.7 Å². The van der Waals surface area contributed by atoms with Crippen LogP contribution in [-0.4, -0.2) is 50.3 Å². The van der Waals surface area contributed by atoms with Gasteiger partial charge in [0, 0.05) is 19.6 Å². The highest BCUT2D eigenvalue weighted by Crippen LogP contribution is 2.47. The predicted octanol–water partition coefficient (Wildman–Crippen LogP) is 3.84. The van der Waals surface area contributed by atoms with Crippen molar-refractivity contribution < 1.29 is 37.0 Å². The smallest absolute Gasteiger partial charge is 0.406 e. The summed E-state index contributed by atoms with van der Waals surface area (Å²) in [4.78, 5) is 26.0.